The zero-order valence-electron chi connectivity index (χ0n) is 14.8. The van der Waals surface area contributed by atoms with E-state index in [4.69, 9.17) is 9.84 Å². The van der Waals surface area contributed by atoms with Crippen LogP contribution in [0.15, 0.2) is 30.3 Å². The fraction of sp³-hybridized carbons (Fsp3) is 0.500. The second-order valence-corrected chi connectivity index (χ2v) is 5.90. The van der Waals surface area contributed by atoms with Crippen LogP contribution in [0.3, 0.4) is 0 Å². The molecule has 144 valence electrons. The minimum atomic E-state index is -1.14. The van der Waals surface area contributed by atoms with Crippen LogP contribution in [-0.4, -0.2) is 46.9 Å². The highest BCUT2D eigenvalue weighted by atomic mass is 16.5. The molecule has 0 aliphatic carbocycles. The number of ether oxygens (including phenoxy) is 1. The summed E-state index contributed by atoms with van der Waals surface area (Å²) in [7, 11) is 0. The molecule has 0 saturated heterocycles. The number of carbonyl (C=O) groups excluding carboxylic acids is 2. The van der Waals surface area contributed by atoms with Gasteiger partial charge in [0, 0.05) is 6.54 Å². The van der Waals surface area contributed by atoms with Gasteiger partial charge >= 0.3 is 12.1 Å². The minimum Gasteiger partial charge on any atom is -0.480 e. The summed E-state index contributed by atoms with van der Waals surface area (Å²) in [6.45, 7) is 1.85. The predicted octanol–water partition coefficient (Wildman–Crippen LogP) is 1.42. The zero-order valence-corrected chi connectivity index (χ0v) is 14.8. The van der Waals surface area contributed by atoms with Crippen LogP contribution in [0.4, 0.5) is 4.79 Å². The van der Waals surface area contributed by atoms with Crippen molar-refractivity contribution in [3.63, 3.8) is 0 Å². The molecule has 8 nitrogen and oxygen atoms in total. The molecule has 8 heteroatoms. The molecule has 0 bridgehead atoms. The van der Waals surface area contributed by atoms with Crippen LogP contribution in [0.25, 0.3) is 0 Å². The number of carbonyl (C=O) groups is 3. The maximum Gasteiger partial charge on any atom is 0.407 e. The third kappa shape index (κ3) is 9.03. The molecule has 0 radical (unpaired) electrons. The summed E-state index contributed by atoms with van der Waals surface area (Å²) in [6.07, 6.45) is -0.335. The van der Waals surface area contributed by atoms with Crippen LogP contribution >= 0.6 is 0 Å². The van der Waals surface area contributed by atoms with Gasteiger partial charge < -0.3 is 25.6 Å². The number of amides is 2. The topological polar surface area (TPSA) is 125 Å². The number of aliphatic hydroxyl groups is 1. The van der Waals surface area contributed by atoms with E-state index < -0.39 is 30.1 Å². The number of carboxylic acids is 1. The van der Waals surface area contributed by atoms with Crippen LogP contribution in [0, 0.1) is 0 Å². The Morgan fingerprint density at radius 1 is 1.19 bits per heavy atom. The van der Waals surface area contributed by atoms with Crippen molar-refractivity contribution in [2.45, 2.75) is 51.4 Å². The Morgan fingerprint density at radius 2 is 1.88 bits per heavy atom. The van der Waals surface area contributed by atoms with E-state index in [1.165, 1.54) is 0 Å². The lowest BCUT2D eigenvalue weighted by Crippen LogP contribution is -2.43. The van der Waals surface area contributed by atoms with Crippen molar-refractivity contribution < 1.29 is 29.3 Å². The molecule has 0 spiro atoms. The lowest BCUT2D eigenvalue weighted by molar-refractivity contribution is -0.142. The summed E-state index contributed by atoms with van der Waals surface area (Å²) < 4.78 is 4.98. The number of aliphatic carboxylic acids is 1. The van der Waals surface area contributed by atoms with Gasteiger partial charge in [-0.25, -0.2) is 9.59 Å². The first kappa shape index (κ1) is 21.4. The first-order valence-electron chi connectivity index (χ1n) is 8.57. The molecule has 2 amide bonds. The Hall–Kier alpha value is -2.61. The lowest BCUT2D eigenvalue weighted by atomic mass is 10.1. The minimum absolute atomic E-state index is 0.0982. The van der Waals surface area contributed by atoms with Gasteiger partial charge in [-0.05, 0) is 12.0 Å². The molecule has 4 N–H and O–H groups in total. The third-order valence-electron chi connectivity index (χ3n) is 3.60. The van der Waals surface area contributed by atoms with Crippen LogP contribution in [0.1, 0.15) is 38.2 Å². The highest BCUT2D eigenvalue weighted by Crippen LogP contribution is 2.03. The molecule has 0 fully saturated rings. The zero-order chi connectivity index (χ0) is 19.4. The van der Waals surface area contributed by atoms with Crippen LogP contribution in [0.5, 0.6) is 0 Å². The molecule has 0 aliphatic heterocycles. The second-order valence-electron chi connectivity index (χ2n) is 5.90. The molecule has 0 unspecified atom stereocenters. The summed E-state index contributed by atoms with van der Waals surface area (Å²) in [4.78, 5) is 34.5. The van der Waals surface area contributed by atoms with Gasteiger partial charge in [0.05, 0.1) is 12.5 Å². The van der Waals surface area contributed by atoms with Gasteiger partial charge in [0.15, 0.2) is 0 Å². The molecular weight excluding hydrogens is 340 g/mol. The summed E-state index contributed by atoms with van der Waals surface area (Å²) in [5, 5.41) is 23.6. The van der Waals surface area contributed by atoms with E-state index >= 15 is 0 Å². The number of carboxylic acid groups (broad SMARTS) is 1. The highest BCUT2D eigenvalue weighted by molar-refractivity contribution is 5.83. The predicted molar refractivity (Wildman–Crippen MR) is 94.3 cm³/mol. The Morgan fingerprint density at radius 3 is 2.50 bits per heavy atom. The van der Waals surface area contributed by atoms with E-state index in [9.17, 15) is 19.5 Å². The fourth-order valence-electron chi connectivity index (χ4n) is 2.18. The molecule has 1 aromatic rings. The lowest BCUT2D eigenvalue weighted by Gasteiger charge is -2.16. The maximum absolute atomic E-state index is 11.8. The highest BCUT2D eigenvalue weighted by Gasteiger charge is 2.21. The molecule has 1 rings (SSSR count). The van der Waals surface area contributed by atoms with Crippen molar-refractivity contribution in [1.82, 2.24) is 10.6 Å². The summed E-state index contributed by atoms with van der Waals surface area (Å²) in [5.74, 6) is -1.69. The summed E-state index contributed by atoms with van der Waals surface area (Å²) >= 11 is 0. The molecule has 0 heterocycles. The third-order valence-corrected chi connectivity index (χ3v) is 3.60. The molecule has 0 aliphatic rings. The Kier molecular flexibility index (Phi) is 9.78. The van der Waals surface area contributed by atoms with Crippen molar-refractivity contribution in [3.05, 3.63) is 35.9 Å². The van der Waals surface area contributed by atoms with Gasteiger partial charge in [-0.15, -0.1) is 0 Å². The van der Waals surface area contributed by atoms with Gasteiger partial charge in [0.1, 0.15) is 12.6 Å². The Bertz CT molecular complexity index is 578. The number of benzene rings is 1. The first-order chi connectivity index (χ1) is 12.4. The van der Waals surface area contributed by atoms with E-state index in [2.05, 4.69) is 10.6 Å². The fourth-order valence-corrected chi connectivity index (χ4v) is 2.18. The standard InChI is InChI=1S/C18H26N2O6/c1-2-3-9-15(17(23)24)20-16(22)10-14(21)11-19-18(25)26-12-13-7-5-4-6-8-13/h4-8,14-15,21H,2-3,9-12H2,1H3,(H,19,25)(H,20,22)(H,23,24)/t14-,15+/m1/s1. The quantitative estimate of drug-likeness (QED) is 0.469. The molecule has 0 saturated carbocycles. The number of unbranched alkanes of at least 4 members (excludes halogenated alkanes) is 1. The number of alkyl carbamates (subject to hydrolysis) is 1. The Labute approximate surface area is 152 Å². The van der Waals surface area contributed by atoms with Gasteiger partial charge in [0.25, 0.3) is 0 Å². The van der Waals surface area contributed by atoms with Gasteiger partial charge in [-0.2, -0.15) is 0 Å². The van der Waals surface area contributed by atoms with Crippen molar-refractivity contribution in [2.24, 2.45) is 0 Å². The van der Waals surface area contributed by atoms with Crippen molar-refractivity contribution in [3.8, 4) is 0 Å². The number of rotatable bonds is 11. The molecule has 0 aromatic heterocycles. The average molecular weight is 366 g/mol. The van der Waals surface area contributed by atoms with E-state index in [-0.39, 0.29) is 19.6 Å². The number of hydrogen-bond acceptors (Lipinski definition) is 5. The van der Waals surface area contributed by atoms with Crippen molar-refractivity contribution in [1.29, 1.82) is 0 Å². The molecule has 26 heavy (non-hydrogen) atoms. The molecular formula is C18H26N2O6. The normalized spacial score (nSPS) is 12.7. The van der Waals surface area contributed by atoms with Crippen molar-refractivity contribution >= 4 is 18.0 Å². The SMILES string of the molecule is CCCC[C@H](NC(=O)C[C@@H](O)CNC(=O)OCc1ccccc1)C(=O)O. The van der Waals surface area contributed by atoms with E-state index in [1.54, 1.807) is 0 Å². The smallest absolute Gasteiger partial charge is 0.407 e. The number of nitrogens with one attached hydrogen (secondary N) is 2. The first-order valence-corrected chi connectivity index (χ1v) is 8.57. The van der Waals surface area contributed by atoms with Crippen LogP contribution in [0.2, 0.25) is 0 Å². The van der Waals surface area contributed by atoms with E-state index in [0.29, 0.717) is 12.8 Å². The molecule has 1 aromatic carbocycles. The number of aliphatic hydroxyl groups excluding tert-OH is 1. The van der Waals surface area contributed by atoms with Crippen LogP contribution in [-0.2, 0) is 20.9 Å². The summed E-state index contributed by atoms with van der Waals surface area (Å²) in [5.41, 5.74) is 0.828. The van der Waals surface area contributed by atoms with E-state index in [0.717, 1.165) is 12.0 Å². The maximum atomic E-state index is 11.8. The number of hydrogen-bond donors (Lipinski definition) is 4. The summed E-state index contributed by atoms with van der Waals surface area (Å²) in [6, 6.07) is 8.14. The van der Waals surface area contributed by atoms with E-state index in [1.807, 2.05) is 37.3 Å². The Balaban J connectivity index is 2.27. The van der Waals surface area contributed by atoms with Gasteiger partial charge in [-0.1, -0.05) is 50.1 Å². The monoisotopic (exact) mass is 366 g/mol. The van der Waals surface area contributed by atoms with Crippen molar-refractivity contribution in [2.75, 3.05) is 6.54 Å². The largest absolute Gasteiger partial charge is 0.480 e. The average Bonchev–Trinajstić information content (AvgIpc) is 2.62. The van der Waals surface area contributed by atoms with Gasteiger partial charge in [0.2, 0.25) is 5.91 Å². The molecule has 2 atom stereocenters. The van der Waals surface area contributed by atoms with Crippen LogP contribution < -0.4 is 10.6 Å². The second kappa shape index (κ2) is 11.9. The van der Waals surface area contributed by atoms with Gasteiger partial charge in [-0.3, -0.25) is 4.79 Å².